The standard InChI is InChI=1S/C26H24F3N5O3/c1-4-34-21-12-15(9-10-18(21)22(33-34)23(30)35)16-11-19(25(37-3)31-13-16)24(36)32-14(2)17-7-5-6-8-20(17)26(27,28)29/h5-14H,4H2,1-3H3,(H2,30,35)(H,32,36)/t14-/m1/s1/i3D,4D/t4?,14-. The maximum atomic E-state index is 13.5. The number of hydrogen-bond acceptors (Lipinski definition) is 5. The molecule has 0 aliphatic carbocycles. The Morgan fingerprint density at radius 2 is 1.97 bits per heavy atom. The number of fused-ring (bicyclic) bond motifs is 1. The largest absolute Gasteiger partial charge is 0.480 e. The molecule has 1 unspecified atom stereocenters. The molecule has 2 amide bonds. The average Bonchev–Trinajstić information content (AvgIpc) is 3.28. The molecule has 0 fully saturated rings. The second-order valence-electron chi connectivity index (χ2n) is 8.15. The topological polar surface area (TPSA) is 112 Å². The number of pyridine rings is 1. The molecule has 192 valence electrons. The highest BCUT2D eigenvalue weighted by atomic mass is 19.4. The number of amides is 2. The van der Waals surface area contributed by atoms with Gasteiger partial charge in [0.05, 0.1) is 26.9 Å². The first-order valence-electron chi connectivity index (χ1n) is 12.3. The SMILES string of the molecule is [2H]COc1ncc(-c2ccc3c(C(N)=O)nn(C([2H])C)c3c2)cc1C(=O)N[C@H](C)c1ccccc1C(F)(F)F. The van der Waals surface area contributed by atoms with Crippen molar-refractivity contribution in [1.82, 2.24) is 20.1 Å². The zero-order valence-electron chi connectivity index (χ0n) is 21.8. The summed E-state index contributed by atoms with van der Waals surface area (Å²) in [5.41, 5.74) is 5.83. The third-order valence-corrected chi connectivity index (χ3v) is 5.83. The van der Waals surface area contributed by atoms with E-state index in [9.17, 15) is 22.8 Å². The van der Waals surface area contributed by atoms with Crippen LogP contribution in [-0.2, 0) is 12.7 Å². The molecule has 2 heterocycles. The number of methoxy groups -OCH3 is 1. The molecule has 0 saturated carbocycles. The highest BCUT2D eigenvalue weighted by Gasteiger charge is 2.34. The lowest BCUT2D eigenvalue weighted by atomic mass is 10.00. The Morgan fingerprint density at radius 3 is 2.65 bits per heavy atom. The molecule has 2 aromatic carbocycles. The van der Waals surface area contributed by atoms with E-state index in [1.54, 1.807) is 25.1 Å². The van der Waals surface area contributed by atoms with E-state index in [0.29, 0.717) is 22.0 Å². The van der Waals surface area contributed by atoms with Crippen molar-refractivity contribution in [2.45, 2.75) is 32.6 Å². The molecule has 0 aliphatic heterocycles. The van der Waals surface area contributed by atoms with Crippen LogP contribution in [0.2, 0.25) is 0 Å². The van der Waals surface area contributed by atoms with E-state index in [0.717, 1.165) is 6.07 Å². The number of primary amides is 1. The molecular formula is C26H24F3N5O3. The number of hydrogen-bond donors (Lipinski definition) is 2. The van der Waals surface area contributed by atoms with Gasteiger partial charge in [0.15, 0.2) is 5.69 Å². The van der Waals surface area contributed by atoms with Gasteiger partial charge in [-0.2, -0.15) is 18.3 Å². The van der Waals surface area contributed by atoms with Crippen molar-refractivity contribution in [1.29, 1.82) is 0 Å². The van der Waals surface area contributed by atoms with Crippen LogP contribution in [-0.4, -0.2) is 33.7 Å². The molecule has 37 heavy (non-hydrogen) atoms. The number of nitrogens with one attached hydrogen (secondary N) is 1. The molecule has 0 radical (unpaired) electrons. The number of nitrogens with zero attached hydrogens (tertiary/aromatic N) is 3. The van der Waals surface area contributed by atoms with Crippen LogP contribution in [0.4, 0.5) is 13.2 Å². The van der Waals surface area contributed by atoms with Crippen molar-refractivity contribution >= 4 is 22.7 Å². The van der Waals surface area contributed by atoms with Gasteiger partial charge in [0.25, 0.3) is 11.8 Å². The van der Waals surface area contributed by atoms with Gasteiger partial charge in [-0.15, -0.1) is 0 Å². The van der Waals surface area contributed by atoms with Crippen molar-refractivity contribution in [2.75, 3.05) is 7.09 Å². The first kappa shape index (κ1) is 23.0. The minimum atomic E-state index is -4.60. The second kappa shape index (κ2) is 9.92. The molecule has 0 saturated heterocycles. The van der Waals surface area contributed by atoms with Crippen LogP contribution in [0.3, 0.4) is 0 Å². The summed E-state index contributed by atoms with van der Waals surface area (Å²) in [4.78, 5) is 29.2. The number of aromatic nitrogens is 3. The number of nitrogens with two attached hydrogens (primary N) is 1. The molecule has 2 aromatic heterocycles. The summed E-state index contributed by atoms with van der Waals surface area (Å²) < 4.78 is 62.5. The number of aryl methyl sites for hydroxylation is 1. The van der Waals surface area contributed by atoms with Gasteiger partial charge in [0, 0.05) is 23.7 Å². The molecule has 8 nitrogen and oxygen atoms in total. The maximum absolute atomic E-state index is 13.5. The number of benzene rings is 2. The van der Waals surface area contributed by atoms with Gasteiger partial charge in [-0.05, 0) is 49.2 Å². The van der Waals surface area contributed by atoms with Gasteiger partial charge < -0.3 is 15.8 Å². The monoisotopic (exact) mass is 513 g/mol. The summed E-state index contributed by atoms with van der Waals surface area (Å²) in [6.45, 7) is 2.17. The fourth-order valence-electron chi connectivity index (χ4n) is 4.07. The van der Waals surface area contributed by atoms with E-state index in [-0.39, 0.29) is 22.7 Å². The van der Waals surface area contributed by atoms with Crippen LogP contribution < -0.4 is 15.8 Å². The lowest BCUT2D eigenvalue weighted by Crippen LogP contribution is -2.29. The van der Waals surface area contributed by atoms with E-state index in [1.165, 1.54) is 42.1 Å². The first-order chi connectivity index (χ1) is 18.4. The van der Waals surface area contributed by atoms with E-state index in [1.807, 2.05) is 0 Å². The van der Waals surface area contributed by atoms with Gasteiger partial charge in [0.1, 0.15) is 5.56 Å². The Hall–Kier alpha value is -4.41. The Bertz CT molecular complexity index is 1560. The fraction of sp³-hybridized carbons (Fsp3) is 0.231. The third-order valence-electron chi connectivity index (χ3n) is 5.83. The van der Waals surface area contributed by atoms with Crippen LogP contribution >= 0.6 is 0 Å². The number of carbonyl (C=O) groups is 2. The normalized spacial score (nSPS) is 14.0. The average molecular weight is 514 g/mol. The first-order valence-corrected chi connectivity index (χ1v) is 11.1. The molecule has 2 atom stereocenters. The van der Waals surface area contributed by atoms with Gasteiger partial charge >= 0.3 is 6.18 Å². The highest BCUT2D eigenvalue weighted by molar-refractivity contribution is 6.05. The van der Waals surface area contributed by atoms with Crippen molar-refractivity contribution in [3.8, 4) is 17.0 Å². The van der Waals surface area contributed by atoms with Crippen LogP contribution in [0.1, 0.15) is 54.6 Å². The minimum absolute atomic E-state index is 0.0150. The zero-order chi connectivity index (χ0) is 28.5. The Kier molecular flexibility index (Phi) is 6.17. The molecule has 3 N–H and O–H groups in total. The van der Waals surface area contributed by atoms with E-state index in [2.05, 4.69) is 15.4 Å². The fourth-order valence-corrected chi connectivity index (χ4v) is 4.07. The number of carbonyl (C=O) groups excluding carboxylic acids is 2. The number of rotatable bonds is 7. The van der Waals surface area contributed by atoms with Gasteiger partial charge in [0.2, 0.25) is 5.88 Å². The lowest BCUT2D eigenvalue weighted by molar-refractivity contribution is -0.138. The number of alkyl halides is 3. The minimum Gasteiger partial charge on any atom is -0.480 e. The summed E-state index contributed by atoms with van der Waals surface area (Å²) >= 11 is 0. The predicted molar refractivity (Wildman–Crippen MR) is 131 cm³/mol. The summed E-state index contributed by atoms with van der Waals surface area (Å²) in [5, 5.41) is 7.16. The van der Waals surface area contributed by atoms with E-state index in [4.69, 9.17) is 13.2 Å². The van der Waals surface area contributed by atoms with Gasteiger partial charge in [-0.1, -0.05) is 24.3 Å². The van der Waals surface area contributed by atoms with Crippen molar-refractivity contribution in [3.63, 3.8) is 0 Å². The van der Waals surface area contributed by atoms with Crippen LogP contribution in [0.15, 0.2) is 54.7 Å². The summed E-state index contributed by atoms with van der Waals surface area (Å²) in [5.74, 6) is -1.66. The van der Waals surface area contributed by atoms with Crippen molar-refractivity contribution in [3.05, 3.63) is 77.1 Å². The maximum Gasteiger partial charge on any atom is 0.416 e. The molecule has 0 spiro atoms. The van der Waals surface area contributed by atoms with Crippen molar-refractivity contribution in [2.24, 2.45) is 5.73 Å². The zero-order valence-corrected chi connectivity index (χ0v) is 19.8. The van der Waals surface area contributed by atoms with E-state index >= 15 is 0 Å². The molecule has 4 aromatic rings. The Morgan fingerprint density at radius 1 is 1.22 bits per heavy atom. The molecular weight excluding hydrogens is 487 g/mol. The number of ether oxygens (including phenoxy) is 1. The van der Waals surface area contributed by atoms with Crippen LogP contribution in [0.5, 0.6) is 5.88 Å². The summed E-state index contributed by atoms with van der Waals surface area (Å²) in [6, 6.07) is 10.3. The van der Waals surface area contributed by atoms with Crippen LogP contribution in [0.25, 0.3) is 22.0 Å². The molecule has 0 bridgehead atoms. The van der Waals surface area contributed by atoms with Gasteiger partial charge in [-0.3, -0.25) is 14.3 Å². The number of halogens is 3. The molecule has 4 rings (SSSR count). The second-order valence-corrected chi connectivity index (χ2v) is 8.15. The molecule has 0 aliphatic rings. The van der Waals surface area contributed by atoms with Crippen molar-refractivity contribution < 1.29 is 30.2 Å². The Balaban J connectivity index is 1.74. The third kappa shape index (κ3) is 4.97. The smallest absolute Gasteiger partial charge is 0.416 e. The molecule has 11 heteroatoms. The summed E-state index contributed by atoms with van der Waals surface area (Å²) in [6.07, 6.45) is -3.20. The summed E-state index contributed by atoms with van der Waals surface area (Å²) in [7, 11) is -0.540. The van der Waals surface area contributed by atoms with Crippen LogP contribution in [0, 0.1) is 0 Å². The van der Waals surface area contributed by atoms with Gasteiger partial charge in [-0.25, -0.2) is 4.98 Å². The predicted octanol–water partition coefficient (Wildman–Crippen LogP) is 4.74. The lowest BCUT2D eigenvalue weighted by Gasteiger charge is -2.20. The van der Waals surface area contributed by atoms with E-state index < -0.39 is 43.2 Å². The Labute approximate surface area is 213 Å². The highest BCUT2D eigenvalue weighted by Crippen LogP contribution is 2.35. The quantitative estimate of drug-likeness (QED) is 0.371.